The second-order valence-corrected chi connectivity index (χ2v) is 10.8. The highest BCUT2D eigenvalue weighted by atomic mass is 35.5. The maximum absolute atomic E-state index is 14.0. The molecule has 0 spiro atoms. The molecule has 0 radical (unpaired) electrons. The fourth-order valence-corrected chi connectivity index (χ4v) is 5.63. The number of benzene rings is 1. The highest BCUT2D eigenvalue weighted by Gasteiger charge is 2.23. The van der Waals surface area contributed by atoms with E-state index < -0.39 is 0 Å². The second kappa shape index (κ2) is 10.7. The van der Waals surface area contributed by atoms with Crippen LogP contribution in [0.4, 0.5) is 5.69 Å². The number of hydrogen-bond donors (Lipinski definition) is 1. The van der Waals surface area contributed by atoms with Gasteiger partial charge in [-0.05, 0) is 56.0 Å². The first kappa shape index (κ1) is 25.9. The van der Waals surface area contributed by atoms with E-state index in [0.29, 0.717) is 27.8 Å². The zero-order valence-electron chi connectivity index (χ0n) is 22.6. The van der Waals surface area contributed by atoms with Crippen LogP contribution >= 0.6 is 11.6 Å². The van der Waals surface area contributed by atoms with Gasteiger partial charge in [0.15, 0.2) is 0 Å². The zero-order chi connectivity index (χ0) is 27.8. The van der Waals surface area contributed by atoms with Crippen molar-refractivity contribution in [3.05, 3.63) is 88.1 Å². The van der Waals surface area contributed by atoms with Gasteiger partial charge in [0, 0.05) is 41.5 Å². The molecule has 1 aliphatic rings. The summed E-state index contributed by atoms with van der Waals surface area (Å²) < 4.78 is 5.24. The van der Waals surface area contributed by atoms with Gasteiger partial charge in [-0.1, -0.05) is 30.2 Å². The molecule has 10 nitrogen and oxygen atoms in total. The number of nitrogens with zero attached hydrogens (tertiary/aromatic N) is 8. The number of nitrogens with one attached hydrogen (secondary N) is 1. The summed E-state index contributed by atoms with van der Waals surface area (Å²) in [6.45, 7) is 4.90. The van der Waals surface area contributed by atoms with Gasteiger partial charge < -0.3 is 5.32 Å². The number of aryl methyl sites for hydroxylation is 1. The van der Waals surface area contributed by atoms with E-state index in [4.69, 9.17) is 21.6 Å². The van der Waals surface area contributed by atoms with E-state index in [-0.39, 0.29) is 11.6 Å². The largest absolute Gasteiger partial charge is 0.382 e. The van der Waals surface area contributed by atoms with Crippen LogP contribution in [0.5, 0.6) is 0 Å². The summed E-state index contributed by atoms with van der Waals surface area (Å²) in [5.41, 5.74) is 6.23. The van der Waals surface area contributed by atoms with Crippen LogP contribution in [0.25, 0.3) is 28.2 Å². The maximum Gasteiger partial charge on any atom is 0.257 e. The molecule has 2 unspecified atom stereocenters. The van der Waals surface area contributed by atoms with Crippen LogP contribution in [0, 0.1) is 12.8 Å². The molecule has 6 rings (SSSR count). The molecule has 0 saturated heterocycles. The smallest absolute Gasteiger partial charge is 0.257 e. The molecule has 0 aliphatic carbocycles. The van der Waals surface area contributed by atoms with Crippen LogP contribution in [0.15, 0.2) is 66.2 Å². The number of rotatable bonds is 3. The number of hydrogen-bond acceptors (Lipinski definition) is 7. The third-order valence-electron chi connectivity index (χ3n) is 7.59. The summed E-state index contributed by atoms with van der Waals surface area (Å²) in [6.07, 6.45) is 11.4. The van der Waals surface area contributed by atoms with Crippen LogP contribution in [0.3, 0.4) is 0 Å². The summed E-state index contributed by atoms with van der Waals surface area (Å²) in [4.78, 5) is 23.5. The predicted molar refractivity (Wildman–Crippen MR) is 155 cm³/mol. The van der Waals surface area contributed by atoms with Gasteiger partial charge in [0.1, 0.15) is 0 Å². The lowest BCUT2D eigenvalue weighted by molar-refractivity contribution is 0.442. The van der Waals surface area contributed by atoms with Crippen LogP contribution in [0.1, 0.15) is 43.5 Å². The summed E-state index contributed by atoms with van der Waals surface area (Å²) >= 11 is 6.37. The molecule has 0 amide bonds. The molecule has 40 heavy (non-hydrogen) atoms. The Morgan fingerprint density at radius 3 is 2.80 bits per heavy atom. The first-order valence-electron chi connectivity index (χ1n) is 13.4. The van der Waals surface area contributed by atoms with Crippen molar-refractivity contribution in [2.45, 2.75) is 39.2 Å². The van der Waals surface area contributed by atoms with E-state index >= 15 is 0 Å². The van der Waals surface area contributed by atoms with Crippen molar-refractivity contribution < 1.29 is 0 Å². The van der Waals surface area contributed by atoms with Gasteiger partial charge in [0.2, 0.25) is 0 Å². The molecule has 204 valence electrons. The quantitative estimate of drug-likeness (QED) is 0.331. The van der Waals surface area contributed by atoms with E-state index in [0.717, 1.165) is 54.1 Å². The van der Waals surface area contributed by atoms with Gasteiger partial charge in [-0.2, -0.15) is 5.10 Å². The van der Waals surface area contributed by atoms with Gasteiger partial charge in [-0.3, -0.25) is 19.0 Å². The molecule has 1 aliphatic heterocycles. The van der Waals surface area contributed by atoms with E-state index in [2.05, 4.69) is 33.7 Å². The molecule has 2 bridgehead atoms. The Morgan fingerprint density at radius 2 is 1.98 bits per heavy atom. The maximum atomic E-state index is 14.0. The van der Waals surface area contributed by atoms with Crippen LogP contribution in [0.2, 0.25) is 5.02 Å². The lowest BCUT2D eigenvalue weighted by Crippen LogP contribution is -2.29. The number of fused-ring (bicyclic) bond motifs is 4. The van der Waals surface area contributed by atoms with Crippen molar-refractivity contribution in [3.63, 3.8) is 0 Å². The highest BCUT2D eigenvalue weighted by Crippen LogP contribution is 2.33. The Balaban J connectivity index is 1.47. The monoisotopic (exact) mass is 555 g/mol. The van der Waals surface area contributed by atoms with E-state index in [1.807, 2.05) is 37.0 Å². The molecule has 11 heteroatoms. The second-order valence-electron chi connectivity index (χ2n) is 10.4. The average molecular weight is 556 g/mol. The van der Waals surface area contributed by atoms with Crippen molar-refractivity contribution in [2.24, 2.45) is 13.0 Å². The number of anilines is 1. The first-order valence-corrected chi connectivity index (χ1v) is 13.7. The van der Waals surface area contributed by atoms with Crippen molar-refractivity contribution in [2.75, 3.05) is 11.9 Å². The molecule has 2 atom stereocenters. The third-order valence-corrected chi connectivity index (χ3v) is 7.83. The van der Waals surface area contributed by atoms with Gasteiger partial charge >= 0.3 is 0 Å². The van der Waals surface area contributed by atoms with Gasteiger partial charge in [0.05, 0.1) is 59.4 Å². The van der Waals surface area contributed by atoms with Crippen molar-refractivity contribution in [3.8, 4) is 28.2 Å². The fraction of sp³-hybridized carbons (Fsp3) is 0.310. The summed E-state index contributed by atoms with van der Waals surface area (Å²) in [7, 11) is 1.94. The normalized spacial score (nSPS) is 17.4. The molecule has 1 aromatic carbocycles. The number of pyridine rings is 1. The predicted octanol–water partition coefficient (Wildman–Crippen LogP) is 5.07. The molecule has 1 N–H and O–H groups in total. The third kappa shape index (κ3) is 4.79. The molecule has 5 heterocycles. The van der Waals surface area contributed by atoms with Crippen LogP contribution in [-0.4, -0.2) is 45.9 Å². The Morgan fingerprint density at radius 1 is 1.10 bits per heavy atom. The molecule has 0 saturated carbocycles. The summed E-state index contributed by atoms with van der Waals surface area (Å²) in [5, 5.41) is 16.7. The Labute approximate surface area is 236 Å². The molecular weight excluding hydrogens is 526 g/mol. The fourth-order valence-electron chi connectivity index (χ4n) is 5.45. The van der Waals surface area contributed by atoms with Crippen molar-refractivity contribution in [1.29, 1.82) is 0 Å². The van der Waals surface area contributed by atoms with E-state index in [1.54, 1.807) is 46.3 Å². The minimum atomic E-state index is -0.266. The topological polar surface area (TPSA) is 108 Å². The van der Waals surface area contributed by atoms with Gasteiger partial charge in [0.25, 0.3) is 5.56 Å². The number of aromatic nitrogens is 8. The highest BCUT2D eigenvalue weighted by molar-refractivity contribution is 6.31. The van der Waals surface area contributed by atoms with Gasteiger partial charge in [-0.15, -0.1) is 5.10 Å². The molecule has 5 aromatic rings. The van der Waals surface area contributed by atoms with Crippen molar-refractivity contribution in [1.82, 2.24) is 39.3 Å². The molecule has 0 fully saturated rings. The summed E-state index contributed by atoms with van der Waals surface area (Å²) in [6, 6.07) is 9.22. The molecular formula is C29H30ClN9O. The first-order chi connectivity index (χ1) is 19.4. The van der Waals surface area contributed by atoms with Crippen LogP contribution < -0.4 is 10.9 Å². The number of halogens is 1. The van der Waals surface area contributed by atoms with E-state index in [9.17, 15) is 4.79 Å². The Bertz CT molecular complexity index is 1720. The zero-order valence-corrected chi connectivity index (χ0v) is 23.4. The lowest BCUT2D eigenvalue weighted by atomic mass is 9.97. The van der Waals surface area contributed by atoms with Crippen molar-refractivity contribution >= 4 is 17.3 Å². The average Bonchev–Trinajstić information content (AvgIpc) is 3.61. The Hall–Kier alpha value is -4.31. The molecule has 4 aromatic heterocycles. The SMILES string of the molecule is Cc1c(-c2cc(Cl)ccc2-n2ccnn2)ncn(C2CCCC(C)CNc3cnn(C)c3-c3ccnc2c3)c1=O. The Kier molecular flexibility index (Phi) is 6.93. The van der Waals surface area contributed by atoms with Crippen LogP contribution in [-0.2, 0) is 7.05 Å². The minimum Gasteiger partial charge on any atom is -0.382 e. The van der Waals surface area contributed by atoms with E-state index in [1.165, 1.54) is 0 Å². The standard InChI is InChI=1S/C29H30ClN9O/c1-18-5-4-6-26(23-13-20(9-10-31-23)28-24(32-15-18)16-35-37(28)3)38-17-33-27(19(2)29(38)40)22-14-21(30)7-8-25(22)39-12-11-34-36-39/h7-14,16-18,26,32H,4-6,15H2,1-3H3. The van der Waals surface area contributed by atoms with Gasteiger partial charge in [-0.25, -0.2) is 9.67 Å². The summed E-state index contributed by atoms with van der Waals surface area (Å²) in [5.74, 6) is 0.455. The lowest BCUT2D eigenvalue weighted by Gasteiger charge is -2.23. The minimum absolute atomic E-state index is 0.116.